The van der Waals surface area contributed by atoms with Gasteiger partial charge in [0.1, 0.15) is 0 Å². The molecule has 2 N–H and O–H groups in total. The number of rotatable bonds is 6. The second-order valence-corrected chi connectivity index (χ2v) is 5.71. The molecule has 1 heterocycles. The van der Waals surface area contributed by atoms with E-state index in [1.165, 1.54) is 12.1 Å². The quantitative estimate of drug-likeness (QED) is 0.356. The molecule has 0 saturated heterocycles. The molecule has 0 saturated carbocycles. The molecule has 3 rings (SSSR count). The topological polar surface area (TPSA) is 98.0 Å². The molecule has 1 aliphatic rings. The molecule has 0 bridgehead atoms. The molecule has 0 aromatic heterocycles. The molecule has 2 aromatic rings. The summed E-state index contributed by atoms with van der Waals surface area (Å²) in [4.78, 5) is 14.4. The highest BCUT2D eigenvalue weighted by Gasteiger charge is 2.13. The Labute approximate surface area is 151 Å². The summed E-state index contributed by atoms with van der Waals surface area (Å²) in [5.74, 6) is 2.23. The van der Waals surface area contributed by atoms with E-state index in [9.17, 15) is 10.1 Å². The number of nitrogens with one attached hydrogen (secondary N) is 2. The third-order valence-electron chi connectivity index (χ3n) is 3.97. The summed E-state index contributed by atoms with van der Waals surface area (Å²) in [6.07, 6.45) is 0.814. The molecule has 136 valence electrons. The van der Waals surface area contributed by atoms with Crippen LogP contribution >= 0.6 is 0 Å². The van der Waals surface area contributed by atoms with Crippen LogP contribution in [0.5, 0.6) is 11.5 Å². The first-order valence-corrected chi connectivity index (χ1v) is 8.22. The number of benzene rings is 2. The van der Waals surface area contributed by atoms with Crippen LogP contribution in [0.1, 0.15) is 11.1 Å². The van der Waals surface area contributed by atoms with E-state index in [0.29, 0.717) is 19.0 Å². The van der Waals surface area contributed by atoms with Crippen LogP contribution in [-0.4, -0.2) is 31.3 Å². The number of aliphatic imine (C=N–C) groups is 1. The van der Waals surface area contributed by atoms with Crippen LogP contribution in [0.25, 0.3) is 0 Å². The van der Waals surface area contributed by atoms with Crippen molar-refractivity contribution in [3.05, 3.63) is 63.7 Å². The Bertz CT molecular complexity index is 805. The number of nitro groups is 1. The largest absolute Gasteiger partial charge is 0.454 e. The molecule has 0 aliphatic carbocycles. The zero-order chi connectivity index (χ0) is 18.4. The number of nitro benzene ring substituents is 1. The van der Waals surface area contributed by atoms with Gasteiger partial charge in [-0.2, -0.15) is 0 Å². The Morgan fingerprint density at radius 2 is 1.85 bits per heavy atom. The lowest BCUT2D eigenvalue weighted by Gasteiger charge is -2.12. The van der Waals surface area contributed by atoms with Gasteiger partial charge in [-0.1, -0.05) is 18.2 Å². The average molecular weight is 356 g/mol. The maximum atomic E-state index is 10.7. The van der Waals surface area contributed by atoms with Gasteiger partial charge in [0.2, 0.25) is 6.79 Å². The van der Waals surface area contributed by atoms with Gasteiger partial charge in [0, 0.05) is 32.3 Å². The smallest absolute Gasteiger partial charge is 0.269 e. The number of fused-ring (bicyclic) bond motifs is 1. The Hall–Kier alpha value is -3.29. The lowest BCUT2D eigenvalue weighted by molar-refractivity contribution is -0.384. The zero-order valence-corrected chi connectivity index (χ0v) is 14.4. The second-order valence-electron chi connectivity index (χ2n) is 5.71. The predicted molar refractivity (Wildman–Crippen MR) is 97.6 cm³/mol. The molecule has 0 radical (unpaired) electrons. The van der Waals surface area contributed by atoms with E-state index in [4.69, 9.17) is 9.47 Å². The van der Waals surface area contributed by atoms with Crippen molar-refractivity contribution in [3.63, 3.8) is 0 Å². The summed E-state index contributed by atoms with van der Waals surface area (Å²) < 4.78 is 10.7. The first-order valence-electron chi connectivity index (χ1n) is 8.22. The van der Waals surface area contributed by atoms with Crippen molar-refractivity contribution in [2.24, 2.45) is 4.99 Å². The first-order chi connectivity index (χ1) is 12.7. The predicted octanol–water partition coefficient (Wildman–Crippen LogP) is 2.23. The van der Waals surface area contributed by atoms with Crippen molar-refractivity contribution in [2.45, 2.75) is 13.0 Å². The van der Waals surface area contributed by atoms with E-state index in [0.717, 1.165) is 29.0 Å². The number of hydrogen-bond donors (Lipinski definition) is 2. The second kappa shape index (κ2) is 8.19. The van der Waals surface area contributed by atoms with Crippen molar-refractivity contribution in [1.29, 1.82) is 0 Å². The Morgan fingerprint density at radius 1 is 1.12 bits per heavy atom. The molecule has 1 aliphatic heterocycles. The van der Waals surface area contributed by atoms with Crippen LogP contribution in [-0.2, 0) is 13.0 Å². The van der Waals surface area contributed by atoms with Gasteiger partial charge in [-0.05, 0) is 29.7 Å². The minimum atomic E-state index is -0.409. The molecule has 8 heteroatoms. The summed E-state index contributed by atoms with van der Waals surface area (Å²) in [6, 6.07) is 12.4. The van der Waals surface area contributed by atoms with Gasteiger partial charge >= 0.3 is 0 Å². The number of non-ortho nitro benzene ring substituents is 1. The highest BCUT2D eigenvalue weighted by Crippen LogP contribution is 2.32. The fourth-order valence-corrected chi connectivity index (χ4v) is 2.56. The Balaban J connectivity index is 1.45. The third kappa shape index (κ3) is 4.41. The molecule has 0 spiro atoms. The average Bonchev–Trinajstić information content (AvgIpc) is 3.12. The molecule has 0 amide bonds. The van der Waals surface area contributed by atoms with Gasteiger partial charge in [0.05, 0.1) is 4.92 Å². The fourth-order valence-electron chi connectivity index (χ4n) is 2.56. The summed E-state index contributed by atoms with van der Waals surface area (Å²) >= 11 is 0. The van der Waals surface area contributed by atoms with Crippen molar-refractivity contribution in [2.75, 3.05) is 20.4 Å². The van der Waals surface area contributed by atoms with Crippen LogP contribution in [0.15, 0.2) is 47.5 Å². The number of guanidine groups is 1. The van der Waals surface area contributed by atoms with Gasteiger partial charge in [0.25, 0.3) is 5.69 Å². The number of ether oxygens (including phenoxy) is 2. The standard InChI is InChI=1S/C18H20N4O4/c1-19-18(21-11-14-2-5-15(6-3-14)22(23)24)20-9-8-13-4-7-16-17(10-13)26-12-25-16/h2-7,10H,8-9,11-12H2,1H3,(H2,19,20,21). The summed E-state index contributed by atoms with van der Waals surface area (Å²) in [5.41, 5.74) is 2.17. The van der Waals surface area contributed by atoms with Gasteiger partial charge in [-0.25, -0.2) is 0 Å². The maximum absolute atomic E-state index is 10.7. The van der Waals surface area contributed by atoms with Crippen molar-refractivity contribution < 1.29 is 14.4 Å². The van der Waals surface area contributed by atoms with Crippen LogP contribution < -0.4 is 20.1 Å². The molecule has 0 unspecified atom stereocenters. The highest BCUT2D eigenvalue weighted by molar-refractivity contribution is 5.79. The van der Waals surface area contributed by atoms with Crippen LogP contribution in [0, 0.1) is 10.1 Å². The maximum Gasteiger partial charge on any atom is 0.269 e. The Kier molecular flexibility index (Phi) is 5.52. The Morgan fingerprint density at radius 3 is 2.58 bits per heavy atom. The molecule has 8 nitrogen and oxygen atoms in total. The molecular weight excluding hydrogens is 336 g/mol. The molecular formula is C18H20N4O4. The van der Waals surface area contributed by atoms with E-state index in [-0.39, 0.29) is 12.5 Å². The minimum absolute atomic E-state index is 0.0833. The van der Waals surface area contributed by atoms with E-state index >= 15 is 0 Å². The molecule has 2 aromatic carbocycles. The first kappa shape index (κ1) is 17.5. The fraction of sp³-hybridized carbons (Fsp3) is 0.278. The summed E-state index contributed by atoms with van der Waals surface area (Å²) in [6.45, 7) is 1.51. The molecule has 0 fully saturated rings. The van der Waals surface area contributed by atoms with Crippen LogP contribution in [0.2, 0.25) is 0 Å². The number of hydrogen-bond acceptors (Lipinski definition) is 5. The van der Waals surface area contributed by atoms with E-state index in [1.54, 1.807) is 19.2 Å². The lowest BCUT2D eigenvalue weighted by Crippen LogP contribution is -2.37. The van der Waals surface area contributed by atoms with E-state index < -0.39 is 4.92 Å². The van der Waals surface area contributed by atoms with E-state index in [2.05, 4.69) is 15.6 Å². The zero-order valence-electron chi connectivity index (χ0n) is 14.4. The highest BCUT2D eigenvalue weighted by atomic mass is 16.7. The van der Waals surface area contributed by atoms with Gasteiger partial charge in [-0.3, -0.25) is 15.1 Å². The minimum Gasteiger partial charge on any atom is -0.454 e. The normalized spacial score (nSPS) is 12.7. The SMILES string of the molecule is CN=C(NCCc1ccc2c(c1)OCO2)NCc1ccc([N+](=O)[O-])cc1. The molecule has 26 heavy (non-hydrogen) atoms. The van der Waals surface area contributed by atoms with Gasteiger partial charge in [0.15, 0.2) is 17.5 Å². The number of nitrogens with zero attached hydrogens (tertiary/aromatic N) is 2. The van der Waals surface area contributed by atoms with E-state index in [1.807, 2.05) is 18.2 Å². The van der Waals surface area contributed by atoms with Crippen molar-refractivity contribution in [1.82, 2.24) is 10.6 Å². The van der Waals surface area contributed by atoms with Crippen LogP contribution in [0.3, 0.4) is 0 Å². The van der Waals surface area contributed by atoms with Gasteiger partial charge in [-0.15, -0.1) is 0 Å². The van der Waals surface area contributed by atoms with Crippen molar-refractivity contribution in [3.8, 4) is 11.5 Å². The summed E-state index contributed by atoms with van der Waals surface area (Å²) in [7, 11) is 1.70. The lowest BCUT2D eigenvalue weighted by atomic mass is 10.1. The van der Waals surface area contributed by atoms with Crippen molar-refractivity contribution >= 4 is 11.6 Å². The third-order valence-corrected chi connectivity index (χ3v) is 3.97. The summed E-state index contributed by atoms with van der Waals surface area (Å²) in [5, 5.41) is 17.1. The molecule has 0 atom stereocenters. The monoisotopic (exact) mass is 356 g/mol. The van der Waals surface area contributed by atoms with Crippen LogP contribution in [0.4, 0.5) is 5.69 Å². The van der Waals surface area contributed by atoms with Gasteiger partial charge < -0.3 is 20.1 Å².